The molecule has 0 fully saturated rings. The zero-order valence-electron chi connectivity index (χ0n) is 6.00. The van der Waals surface area contributed by atoms with E-state index in [1.807, 2.05) is 6.92 Å². The van der Waals surface area contributed by atoms with E-state index >= 15 is 0 Å². The van der Waals surface area contributed by atoms with Crippen molar-refractivity contribution in [3.05, 3.63) is 17.5 Å². The molecule has 5 nitrogen and oxygen atoms in total. The van der Waals surface area contributed by atoms with Gasteiger partial charge in [0.15, 0.2) is 5.69 Å². The van der Waals surface area contributed by atoms with Gasteiger partial charge in [-0.15, -0.1) is 0 Å². The van der Waals surface area contributed by atoms with Crippen LogP contribution in [0.25, 0.3) is 0 Å². The van der Waals surface area contributed by atoms with Crippen LogP contribution >= 0.6 is 0 Å². The van der Waals surface area contributed by atoms with E-state index in [2.05, 4.69) is 5.16 Å². The molecule has 0 atom stereocenters. The summed E-state index contributed by atoms with van der Waals surface area (Å²) in [7, 11) is 0. The molecule has 11 heavy (non-hydrogen) atoms. The first-order valence-electron chi connectivity index (χ1n) is 3.18. The van der Waals surface area contributed by atoms with E-state index in [0.717, 1.165) is 0 Å². The topological polar surface area (TPSA) is 75.4 Å². The zero-order valence-corrected chi connectivity index (χ0v) is 6.00. The standard InChI is InChI=1S/C6H8N2O3/c1-2-4-3-5(8-11-4)6(9)7-10/h3,10H,2H2,1H3,(H,7,9). The molecule has 0 aliphatic carbocycles. The maximum absolute atomic E-state index is 10.7. The third-order valence-corrected chi connectivity index (χ3v) is 1.24. The molecule has 1 heterocycles. The quantitative estimate of drug-likeness (QED) is 0.478. The summed E-state index contributed by atoms with van der Waals surface area (Å²) in [6.45, 7) is 1.88. The fourth-order valence-electron chi connectivity index (χ4n) is 0.644. The number of nitrogens with one attached hydrogen (secondary N) is 1. The number of carbonyl (C=O) groups is 1. The van der Waals surface area contributed by atoms with Gasteiger partial charge in [-0.3, -0.25) is 10.0 Å². The zero-order chi connectivity index (χ0) is 8.27. The number of aryl methyl sites for hydroxylation is 1. The number of hydroxylamine groups is 1. The molecule has 0 unspecified atom stereocenters. The third-order valence-electron chi connectivity index (χ3n) is 1.24. The van der Waals surface area contributed by atoms with Crippen molar-refractivity contribution in [1.82, 2.24) is 10.6 Å². The summed E-state index contributed by atoms with van der Waals surface area (Å²) in [5, 5.41) is 11.6. The minimum Gasteiger partial charge on any atom is -0.361 e. The molecular weight excluding hydrogens is 148 g/mol. The highest BCUT2D eigenvalue weighted by Crippen LogP contribution is 2.02. The fraction of sp³-hybridized carbons (Fsp3) is 0.333. The van der Waals surface area contributed by atoms with Crippen molar-refractivity contribution < 1.29 is 14.5 Å². The van der Waals surface area contributed by atoms with E-state index in [9.17, 15) is 4.79 Å². The van der Waals surface area contributed by atoms with E-state index in [1.165, 1.54) is 11.5 Å². The van der Waals surface area contributed by atoms with E-state index in [0.29, 0.717) is 12.2 Å². The van der Waals surface area contributed by atoms with Crippen LogP contribution in [0.2, 0.25) is 0 Å². The van der Waals surface area contributed by atoms with Crippen molar-refractivity contribution in [2.45, 2.75) is 13.3 Å². The lowest BCUT2D eigenvalue weighted by molar-refractivity contribution is 0.0696. The molecule has 0 radical (unpaired) electrons. The van der Waals surface area contributed by atoms with Gasteiger partial charge in [0, 0.05) is 12.5 Å². The van der Waals surface area contributed by atoms with Gasteiger partial charge in [0.1, 0.15) is 5.76 Å². The van der Waals surface area contributed by atoms with Crippen LogP contribution in [0.4, 0.5) is 0 Å². The Bertz CT molecular complexity index is 256. The summed E-state index contributed by atoms with van der Waals surface area (Å²) in [6.07, 6.45) is 0.672. The Labute approximate surface area is 63.0 Å². The Morgan fingerprint density at radius 1 is 1.91 bits per heavy atom. The molecule has 0 aliphatic heterocycles. The van der Waals surface area contributed by atoms with Gasteiger partial charge in [-0.1, -0.05) is 12.1 Å². The van der Waals surface area contributed by atoms with Crippen LogP contribution in [-0.4, -0.2) is 16.3 Å². The molecule has 1 aromatic heterocycles. The lowest BCUT2D eigenvalue weighted by Crippen LogP contribution is -2.18. The Balaban J connectivity index is 2.80. The minimum absolute atomic E-state index is 0.0874. The Morgan fingerprint density at radius 2 is 2.64 bits per heavy atom. The molecule has 1 aromatic rings. The maximum Gasteiger partial charge on any atom is 0.296 e. The summed E-state index contributed by atoms with van der Waals surface area (Å²) < 4.78 is 4.71. The van der Waals surface area contributed by atoms with Gasteiger partial charge in [0.2, 0.25) is 0 Å². The lowest BCUT2D eigenvalue weighted by Gasteiger charge is -1.87. The second-order valence-electron chi connectivity index (χ2n) is 1.97. The smallest absolute Gasteiger partial charge is 0.296 e. The Hall–Kier alpha value is -1.36. The van der Waals surface area contributed by atoms with E-state index in [1.54, 1.807) is 0 Å². The van der Waals surface area contributed by atoms with Gasteiger partial charge in [-0.05, 0) is 0 Å². The normalized spacial score (nSPS) is 9.64. The van der Waals surface area contributed by atoms with Gasteiger partial charge in [-0.2, -0.15) is 0 Å². The van der Waals surface area contributed by atoms with Gasteiger partial charge < -0.3 is 4.52 Å². The van der Waals surface area contributed by atoms with Crippen LogP contribution in [-0.2, 0) is 6.42 Å². The molecule has 0 bridgehead atoms. The van der Waals surface area contributed by atoms with Crippen LogP contribution in [0.3, 0.4) is 0 Å². The van der Waals surface area contributed by atoms with Gasteiger partial charge in [-0.25, -0.2) is 5.48 Å². The molecule has 0 spiro atoms. The van der Waals surface area contributed by atoms with Crippen LogP contribution in [0.5, 0.6) is 0 Å². The van der Waals surface area contributed by atoms with Crippen LogP contribution in [0, 0.1) is 0 Å². The highest BCUT2D eigenvalue weighted by atomic mass is 16.5. The number of carbonyl (C=O) groups excluding carboxylic acids is 1. The molecule has 0 saturated heterocycles. The predicted octanol–water partition coefficient (Wildman–Crippen LogP) is 0.356. The van der Waals surface area contributed by atoms with Crippen molar-refractivity contribution >= 4 is 5.91 Å². The highest BCUT2D eigenvalue weighted by molar-refractivity contribution is 5.91. The van der Waals surface area contributed by atoms with Crippen molar-refractivity contribution in [3.8, 4) is 0 Å². The fourth-order valence-corrected chi connectivity index (χ4v) is 0.644. The molecule has 5 heteroatoms. The first-order valence-corrected chi connectivity index (χ1v) is 3.18. The Kier molecular flexibility index (Phi) is 2.22. The monoisotopic (exact) mass is 156 g/mol. The second-order valence-corrected chi connectivity index (χ2v) is 1.97. The van der Waals surface area contributed by atoms with Crippen molar-refractivity contribution in [3.63, 3.8) is 0 Å². The summed E-state index contributed by atoms with van der Waals surface area (Å²) in [4.78, 5) is 10.7. The van der Waals surface area contributed by atoms with Crippen LogP contribution in [0.1, 0.15) is 23.2 Å². The highest BCUT2D eigenvalue weighted by Gasteiger charge is 2.09. The predicted molar refractivity (Wildman–Crippen MR) is 35.1 cm³/mol. The van der Waals surface area contributed by atoms with Gasteiger partial charge in [0.05, 0.1) is 0 Å². The molecular formula is C6H8N2O3. The van der Waals surface area contributed by atoms with Crippen LogP contribution in [0.15, 0.2) is 10.6 Å². The first kappa shape index (κ1) is 7.74. The van der Waals surface area contributed by atoms with E-state index < -0.39 is 5.91 Å². The number of aromatic nitrogens is 1. The lowest BCUT2D eigenvalue weighted by atomic mass is 10.3. The van der Waals surface area contributed by atoms with Gasteiger partial charge in [0.25, 0.3) is 5.91 Å². The average molecular weight is 156 g/mol. The average Bonchev–Trinajstić information content (AvgIpc) is 2.50. The number of hydrogen-bond acceptors (Lipinski definition) is 4. The number of hydrogen-bond donors (Lipinski definition) is 2. The summed E-state index contributed by atoms with van der Waals surface area (Å²) in [5.41, 5.74) is 1.54. The summed E-state index contributed by atoms with van der Waals surface area (Å²) >= 11 is 0. The SMILES string of the molecule is CCc1cc(C(=O)NO)no1. The minimum atomic E-state index is -0.659. The van der Waals surface area contributed by atoms with Crippen LogP contribution < -0.4 is 5.48 Å². The molecule has 1 amide bonds. The molecule has 0 aliphatic rings. The van der Waals surface area contributed by atoms with E-state index in [4.69, 9.17) is 9.73 Å². The number of amides is 1. The van der Waals surface area contributed by atoms with Gasteiger partial charge >= 0.3 is 0 Å². The molecule has 60 valence electrons. The van der Waals surface area contributed by atoms with E-state index in [-0.39, 0.29) is 5.69 Å². The number of nitrogens with zero attached hydrogens (tertiary/aromatic N) is 1. The largest absolute Gasteiger partial charge is 0.361 e. The van der Waals surface area contributed by atoms with Crippen molar-refractivity contribution in [2.24, 2.45) is 0 Å². The molecule has 0 aromatic carbocycles. The summed E-state index contributed by atoms with van der Waals surface area (Å²) in [5.74, 6) is -0.0444. The molecule has 2 N–H and O–H groups in total. The maximum atomic E-state index is 10.7. The van der Waals surface area contributed by atoms with Crippen molar-refractivity contribution in [1.29, 1.82) is 0 Å². The number of rotatable bonds is 2. The first-order chi connectivity index (χ1) is 5.27. The Morgan fingerprint density at radius 3 is 3.09 bits per heavy atom. The second kappa shape index (κ2) is 3.16. The summed E-state index contributed by atoms with van der Waals surface area (Å²) in [6, 6.07) is 1.48. The third kappa shape index (κ3) is 1.56. The molecule has 0 saturated carbocycles. The molecule has 1 rings (SSSR count). The van der Waals surface area contributed by atoms with Crippen molar-refractivity contribution in [2.75, 3.05) is 0 Å².